The molecule has 3 heteroatoms. The minimum atomic E-state index is 0. The maximum Gasteiger partial charge on any atom is 0.0346 e. The Morgan fingerprint density at radius 1 is 1.06 bits per heavy atom. The summed E-state index contributed by atoms with van der Waals surface area (Å²) in [6.45, 7) is 0.640. The topological polar surface area (TPSA) is 26.0 Å². The smallest absolute Gasteiger partial charge is 0.0346 e. The number of benzene rings is 1. The van der Waals surface area contributed by atoms with Crippen LogP contribution in [0.25, 0.3) is 10.4 Å². The Morgan fingerprint density at radius 2 is 1.83 bits per heavy atom. The Bertz CT molecular complexity index is 533. The van der Waals surface area contributed by atoms with E-state index >= 15 is 0 Å². The van der Waals surface area contributed by atoms with Crippen LogP contribution in [-0.4, -0.2) is 0 Å². The fourth-order valence-electron chi connectivity index (χ4n) is 2.52. The third-order valence-corrected chi connectivity index (χ3v) is 4.55. The molecular formula is C15H18ClNS. The Morgan fingerprint density at radius 3 is 2.56 bits per heavy atom. The standard InChI is InChI=1S/C15H17NS.ClH/c16-9-11-7-15(17-10-11)14-6-5-12-3-1-2-4-13(12)8-14;/h5-8,10H,1-4,9,16H2;1H. The van der Waals surface area contributed by atoms with Crippen molar-refractivity contribution in [3.63, 3.8) is 0 Å². The quantitative estimate of drug-likeness (QED) is 0.877. The molecule has 3 rings (SSSR count). The maximum atomic E-state index is 5.66. The molecule has 1 aliphatic rings. The van der Waals surface area contributed by atoms with Crippen LogP contribution in [0, 0.1) is 0 Å². The van der Waals surface area contributed by atoms with Gasteiger partial charge in [-0.25, -0.2) is 0 Å². The second-order valence-electron chi connectivity index (χ2n) is 4.71. The predicted octanol–water partition coefficient (Wildman–Crippen LogP) is 4.17. The van der Waals surface area contributed by atoms with E-state index in [0.717, 1.165) is 0 Å². The Labute approximate surface area is 118 Å². The molecule has 0 unspecified atom stereocenters. The van der Waals surface area contributed by atoms with Gasteiger partial charge in [-0.15, -0.1) is 23.7 Å². The fraction of sp³-hybridized carbons (Fsp3) is 0.333. The summed E-state index contributed by atoms with van der Waals surface area (Å²) < 4.78 is 0. The molecule has 1 aromatic carbocycles. The lowest BCUT2D eigenvalue weighted by Gasteiger charge is -2.16. The van der Waals surface area contributed by atoms with E-state index in [1.807, 2.05) is 0 Å². The lowest BCUT2D eigenvalue weighted by Crippen LogP contribution is -2.01. The van der Waals surface area contributed by atoms with Crippen LogP contribution in [0.1, 0.15) is 29.5 Å². The Hall–Kier alpha value is -0.830. The van der Waals surface area contributed by atoms with E-state index in [0.29, 0.717) is 6.54 Å². The average molecular weight is 280 g/mol. The summed E-state index contributed by atoms with van der Waals surface area (Å²) in [7, 11) is 0. The summed E-state index contributed by atoms with van der Waals surface area (Å²) in [6.07, 6.45) is 5.20. The average Bonchev–Trinajstić information content (AvgIpc) is 2.87. The SMILES string of the molecule is Cl.NCc1csc(-c2ccc3c(c2)CCCC3)c1. The summed E-state index contributed by atoms with van der Waals surface area (Å²) >= 11 is 1.80. The molecule has 0 atom stereocenters. The highest BCUT2D eigenvalue weighted by Gasteiger charge is 2.10. The van der Waals surface area contributed by atoms with Crippen LogP contribution in [0.4, 0.5) is 0 Å². The van der Waals surface area contributed by atoms with Crippen LogP contribution in [0.15, 0.2) is 29.6 Å². The first-order valence-electron chi connectivity index (χ1n) is 6.26. The van der Waals surface area contributed by atoms with Gasteiger partial charge in [-0.2, -0.15) is 0 Å². The number of fused-ring (bicyclic) bond motifs is 1. The van der Waals surface area contributed by atoms with Gasteiger partial charge in [0.25, 0.3) is 0 Å². The van der Waals surface area contributed by atoms with Crippen molar-refractivity contribution < 1.29 is 0 Å². The van der Waals surface area contributed by atoms with Crippen LogP contribution >= 0.6 is 23.7 Å². The lowest BCUT2D eigenvalue weighted by atomic mass is 9.90. The van der Waals surface area contributed by atoms with Crippen molar-refractivity contribution in [2.75, 3.05) is 0 Å². The molecule has 0 amide bonds. The molecule has 1 aromatic heterocycles. The van der Waals surface area contributed by atoms with Gasteiger partial charge in [0.2, 0.25) is 0 Å². The van der Waals surface area contributed by atoms with Gasteiger partial charge >= 0.3 is 0 Å². The number of halogens is 1. The van der Waals surface area contributed by atoms with Crippen LogP contribution in [0.2, 0.25) is 0 Å². The highest BCUT2D eigenvalue weighted by molar-refractivity contribution is 7.13. The van der Waals surface area contributed by atoms with Crippen molar-refractivity contribution in [2.45, 2.75) is 32.2 Å². The van der Waals surface area contributed by atoms with E-state index < -0.39 is 0 Å². The number of hydrogen-bond acceptors (Lipinski definition) is 2. The van der Waals surface area contributed by atoms with Crippen molar-refractivity contribution in [3.8, 4) is 10.4 Å². The van der Waals surface area contributed by atoms with Gasteiger partial charge in [0.15, 0.2) is 0 Å². The van der Waals surface area contributed by atoms with Gasteiger partial charge in [-0.05, 0) is 59.4 Å². The van der Waals surface area contributed by atoms with E-state index in [4.69, 9.17) is 5.73 Å². The molecule has 0 bridgehead atoms. The molecule has 96 valence electrons. The molecule has 0 fully saturated rings. The molecule has 1 nitrogen and oxygen atoms in total. The van der Waals surface area contributed by atoms with Gasteiger partial charge in [0.05, 0.1) is 0 Å². The normalized spacial score (nSPS) is 13.8. The van der Waals surface area contributed by atoms with Gasteiger partial charge in [0, 0.05) is 11.4 Å². The molecule has 0 radical (unpaired) electrons. The zero-order valence-electron chi connectivity index (χ0n) is 10.3. The van der Waals surface area contributed by atoms with Crippen LogP contribution in [0.5, 0.6) is 0 Å². The van der Waals surface area contributed by atoms with Crippen LogP contribution < -0.4 is 5.73 Å². The minimum absolute atomic E-state index is 0. The number of hydrogen-bond donors (Lipinski definition) is 1. The largest absolute Gasteiger partial charge is 0.326 e. The second kappa shape index (κ2) is 5.87. The molecule has 2 aromatic rings. The third kappa shape index (κ3) is 2.61. The molecule has 1 aliphatic carbocycles. The van der Waals surface area contributed by atoms with Gasteiger partial charge in [0.1, 0.15) is 0 Å². The molecule has 0 aliphatic heterocycles. The molecular weight excluding hydrogens is 262 g/mol. The van der Waals surface area contributed by atoms with Gasteiger partial charge in [-0.1, -0.05) is 18.2 Å². The highest BCUT2D eigenvalue weighted by Crippen LogP contribution is 2.31. The second-order valence-corrected chi connectivity index (χ2v) is 5.63. The minimum Gasteiger partial charge on any atom is -0.326 e. The van der Waals surface area contributed by atoms with Crippen LogP contribution in [0.3, 0.4) is 0 Å². The van der Waals surface area contributed by atoms with Gasteiger partial charge in [-0.3, -0.25) is 0 Å². The molecule has 1 heterocycles. The summed E-state index contributed by atoms with van der Waals surface area (Å²) in [5, 5.41) is 2.16. The number of nitrogens with two attached hydrogens (primary N) is 1. The summed E-state index contributed by atoms with van der Waals surface area (Å²) in [4.78, 5) is 1.35. The Balaban J connectivity index is 0.00000120. The molecule has 0 spiro atoms. The first-order valence-corrected chi connectivity index (χ1v) is 7.14. The third-order valence-electron chi connectivity index (χ3n) is 3.52. The van der Waals surface area contributed by atoms with E-state index in [1.165, 1.54) is 41.7 Å². The van der Waals surface area contributed by atoms with Gasteiger partial charge < -0.3 is 5.73 Å². The van der Waals surface area contributed by atoms with Crippen molar-refractivity contribution >= 4 is 23.7 Å². The summed E-state index contributed by atoms with van der Waals surface area (Å²) in [5.74, 6) is 0. The summed E-state index contributed by atoms with van der Waals surface area (Å²) in [6, 6.07) is 9.16. The number of thiophene rings is 1. The van der Waals surface area contributed by atoms with E-state index in [-0.39, 0.29) is 12.4 Å². The first-order chi connectivity index (χ1) is 8.36. The predicted molar refractivity (Wildman–Crippen MR) is 81.5 cm³/mol. The van der Waals surface area contributed by atoms with E-state index in [1.54, 1.807) is 22.5 Å². The highest BCUT2D eigenvalue weighted by atomic mass is 35.5. The Kier molecular flexibility index (Phi) is 4.44. The fourth-order valence-corrected chi connectivity index (χ4v) is 3.45. The van der Waals surface area contributed by atoms with Crippen molar-refractivity contribution in [1.82, 2.24) is 0 Å². The van der Waals surface area contributed by atoms with E-state index in [9.17, 15) is 0 Å². The van der Waals surface area contributed by atoms with E-state index in [2.05, 4.69) is 29.6 Å². The van der Waals surface area contributed by atoms with Crippen molar-refractivity contribution in [2.24, 2.45) is 5.73 Å². The molecule has 18 heavy (non-hydrogen) atoms. The lowest BCUT2D eigenvalue weighted by molar-refractivity contribution is 0.686. The monoisotopic (exact) mass is 279 g/mol. The molecule has 0 saturated carbocycles. The zero-order valence-corrected chi connectivity index (χ0v) is 11.9. The molecule has 2 N–H and O–H groups in total. The van der Waals surface area contributed by atoms with Crippen molar-refractivity contribution in [3.05, 3.63) is 46.3 Å². The summed E-state index contributed by atoms with van der Waals surface area (Å²) in [5.41, 5.74) is 11.4. The number of aryl methyl sites for hydroxylation is 2. The zero-order chi connectivity index (χ0) is 11.7. The van der Waals surface area contributed by atoms with Crippen molar-refractivity contribution in [1.29, 1.82) is 0 Å². The number of rotatable bonds is 2. The molecule has 0 saturated heterocycles. The first kappa shape index (κ1) is 13.6. The van der Waals surface area contributed by atoms with Crippen LogP contribution in [-0.2, 0) is 19.4 Å². The maximum absolute atomic E-state index is 5.66.